The molecule has 3 heteroatoms. The highest BCUT2D eigenvalue weighted by atomic mass is 32.2. The Morgan fingerprint density at radius 2 is 2.06 bits per heavy atom. The molecule has 0 radical (unpaired) electrons. The van der Waals surface area contributed by atoms with Gasteiger partial charge >= 0.3 is 5.97 Å². The average molecular weight is 242 g/mol. The fraction of sp³-hybridized carbons (Fsp3) is 0.769. The molecule has 0 aromatic rings. The van der Waals surface area contributed by atoms with Crippen molar-refractivity contribution in [3.05, 3.63) is 11.6 Å². The average Bonchev–Trinajstić information content (AvgIpc) is 2.35. The molecule has 0 N–H and O–H groups in total. The molecule has 0 bridgehead atoms. The normalized spacial score (nSPS) is 18.5. The first-order valence-corrected chi connectivity index (χ1v) is 7.21. The van der Waals surface area contributed by atoms with Crippen LogP contribution in [0.15, 0.2) is 11.6 Å². The molecule has 1 aliphatic rings. The Hall–Kier alpha value is -0.440. The van der Waals surface area contributed by atoms with Gasteiger partial charge in [-0.05, 0) is 19.3 Å². The minimum absolute atomic E-state index is 0.174. The summed E-state index contributed by atoms with van der Waals surface area (Å²) in [6, 6.07) is 0. The lowest BCUT2D eigenvalue weighted by molar-refractivity contribution is -0.136. The first-order chi connectivity index (χ1) is 7.77. The smallest absolute Gasteiger partial charge is 0.333 e. The molecule has 2 nitrogen and oxygen atoms in total. The van der Waals surface area contributed by atoms with Crippen LogP contribution in [0, 0.1) is 0 Å². The maximum atomic E-state index is 11.3. The molecule has 0 heterocycles. The summed E-state index contributed by atoms with van der Waals surface area (Å²) in [5.74, 6) is 0.773. The first-order valence-electron chi connectivity index (χ1n) is 6.16. The van der Waals surface area contributed by atoms with Gasteiger partial charge in [0.2, 0.25) is 0 Å². The molecule has 0 aromatic heterocycles. The van der Waals surface area contributed by atoms with Gasteiger partial charge in [0.15, 0.2) is 0 Å². The molecular weight excluding hydrogens is 220 g/mol. The molecule has 0 spiro atoms. The fourth-order valence-electron chi connectivity index (χ4n) is 2.02. The zero-order valence-corrected chi connectivity index (χ0v) is 11.1. The van der Waals surface area contributed by atoms with Crippen LogP contribution in [-0.4, -0.2) is 24.1 Å². The third-order valence-corrected chi connectivity index (χ3v) is 4.34. The summed E-state index contributed by atoms with van der Waals surface area (Å²) >= 11 is 1.98. The van der Waals surface area contributed by atoms with Gasteiger partial charge in [0.1, 0.15) is 0 Å². The van der Waals surface area contributed by atoms with Crippen LogP contribution >= 0.6 is 11.8 Å². The van der Waals surface area contributed by atoms with Crippen LogP contribution in [0.4, 0.5) is 0 Å². The zero-order chi connectivity index (χ0) is 11.8. The topological polar surface area (TPSA) is 26.3 Å². The number of ether oxygens (including phenoxy) is 1. The Balaban J connectivity index is 2.30. The predicted octanol–water partition coefficient (Wildman–Crippen LogP) is 3.56. The fourth-order valence-corrected chi connectivity index (χ4v) is 3.26. The number of esters is 1. The van der Waals surface area contributed by atoms with Crippen LogP contribution in [0.5, 0.6) is 0 Å². The molecule has 0 saturated heterocycles. The van der Waals surface area contributed by atoms with Crippen LogP contribution in [-0.2, 0) is 9.53 Å². The lowest BCUT2D eigenvalue weighted by Gasteiger charge is -2.20. The number of hydrogen-bond donors (Lipinski definition) is 0. The number of hydrogen-bond acceptors (Lipinski definition) is 3. The van der Waals surface area contributed by atoms with Crippen molar-refractivity contribution in [1.82, 2.24) is 0 Å². The first kappa shape index (κ1) is 13.6. The lowest BCUT2D eigenvalue weighted by Crippen LogP contribution is -2.09. The van der Waals surface area contributed by atoms with Gasteiger partial charge in [0.25, 0.3) is 0 Å². The quantitative estimate of drug-likeness (QED) is 0.544. The second-order valence-electron chi connectivity index (χ2n) is 4.17. The molecule has 16 heavy (non-hydrogen) atoms. The molecule has 0 aliphatic heterocycles. The second kappa shape index (κ2) is 7.77. The van der Waals surface area contributed by atoms with Gasteiger partial charge in [-0.25, -0.2) is 4.79 Å². The van der Waals surface area contributed by atoms with Gasteiger partial charge in [-0.1, -0.05) is 32.3 Å². The van der Waals surface area contributed by atoms with Crippen molar-refractivity contribution in [2.75, 3.05) is 12.9 Å². The molecule has 0 atom stereocenters. The standard InChI is InChI=1S/C13H22O2S/c1-3-11(13(14)15-2)9-10-16-12-7-5-4-6-8-12/h9,12H,3-8,10H2,1-2H3. The van der Waals surface area contributed by atoms with Gasteiger partial charge in [0.05, 0.1) is 7.11 Å². The van der Waals surface area contributed by atoms with E-state index in [-0.39, 0.29) is 5.97 Å². The van der Waals surface area contributed by atoms with Gasteiger partial charge in [-0.2, -0.15) is 11.8 Å². The van der Waals surface area contributed by atoms with E-state index in [4.69, 9.17) is 4.74 Å². The molecule has 92 valence electrons. The highest BCUT2D eigenvalue weighted by Gasteiger charge is 2.13. The van der Waals surface area contributed by atoms with Crippen molar-refractivity contribution in [1.29, 1.82) is 0 Å². The predicted molar refractivity (Wildman–Crippen MR) is 69.7 cm³/mol. The van der Waals surface area contributed by atoms with E-state index >= 15 is 0 Å². The van der Waals surface area contributed by atoms with Crippen LogP contribution in [0.1, 0.15) is 45.4 Å². The number of rotatable bonds is 5. The zero-order valence-electron chi connectivity index (χ0n) is 10.3. The molecule has 1 aliphatic carbocycles. The Labute approximate surface area is 103 Å². The molecule has 1 saturated carbocycles. The number of thioether (sulfide) groups is 1. The molecule has 1 rings (SSSR count). The van der Waals surface area contributed by atoms with Crippen LogP contribution in [0.25, 0.3) is 0 Å². The van der Waals surface area contributed by atoms with Crippen molar-refractivity contribution in [3.63, 3.8) is 0 Å². The van der Waals surface area contributed by atoms with E-state index in [0.717, 1.165) is 23.0 Å². The monoisotopic (exact) mass is 242 g/mol. The van der Waals surface area contributed by atoms with E-state index in [1.807, 2.05) is 24.8 Å². The van der Waals surface area contributed by atoms with E-state index in [1.165, 1.54) is 39.2 Å². The number of carbonyl (C=O) groups excluding carboxylic acids is 1. The third-order valence-electron chi connectivity index (χ3n) is 3.04. The summed E-state index contributed by atoms with van der Waals surface area (Å²) in [7, 11) is 1.44. The molecule has 0 amide bonds. The SMILES string of the molecule is CCC(=CCSC1CCCCC1)C(=O)OC. The molecule has 1 fully saturated rings. The lowest BCUT2D eigenvalue weighted by atomic mass is 10.0. The summed E-state index contributed by atoms with van der Waals surface area (Å²) < 4.78 is 4.73. The largest absolute Gasteiger partial charge is 0.466 e. The van der Waals surface area contributed by atoms with Crippen molar-refractivity contribution < 1.29 is 9.53 Å². The van der Waals surface area contributed by atoms with Crippen molar-refractivity contribution in [3.8, 4) is 0 Å². The van der Waals surface area contributed by atoms with Gasteiger partial charge in [-0.15, -0.1) is 0 Å². The highest BCUT2D eigenvalue weighted by Crippen LogP contribution is 2.28. The molecular formula is C13H22O2S. The highest BCUT2D eigenvalue weighted by molar-refractivity contribution is 8.00. The second-order valence-corrected chi connectivity index (χ2v) is 5.50. The van der Waals surface area contributed by atoms with Crippen molar-refractivity contribution in [2.45, 2.75) is 50.7 Å². The Morgan fingerprint density at radius 1 is 1.38 bits per heavy atom. The van der Waals surface area contributed by atoms with E-state index in [0.29, 0.717) is 0 Å². The van der Waals surface area contributed by atoms with E-state index in [9.17, 15) is 4.79 Å². The summed E-state index contributed by atoms with van der Waals surface area (Å²) in [5.41, 5.74) is 0.811. The summed E-state index contributed by atoms with van der Waals surface area (Å²) in [4.78, 5) is 11.3. The maximum absolute atomic E-state index is 11.3. The Kier molecular flexibility index (Phi) is 6.62. The minimum Gasteiger partial charge on any atom is -0.466 e. The summed E-state index contributed by atoms with van der Waals surface area (Å²) in [6.45, 7) is 1.99. The maximum Gasteiger partial charge on any atom is 0.333 e. The van der Waals surface area contributed by atoms with Gasteiger partial charge < -0.3 is 4.74 Å². The van der Waals surface area contributed by atoms with Crippen molar-refractivity contribution in [2.24, 2.45) is 0 Å². The van der Waals surface area contributed by atoms with E-state index < -0.39 is 0 Å². The Morgan fingerprint density at radius 3 is 2.62 bits per heavy atom. The van der Waals surface area contributed by atoms with Crippen LogP contribution < -0.4 is 0 Å². The third kappa shape index (κ3) is 4.60. The summed E-state index contributed by atoms with van der Waals surface area (Å²) in [5, 5.41) is 0.806. The van der Waals surface area contributed by atoms with E-state index in [2.05, 4.69) is 0 Å². The van der Waals surface area contributed by atoms with Crippen LogP contribution in [0.3, 0.4) is 0 Å². The molecule has 0 unspecified atom stereocenters. The minimum atomic E-state index is -0.174. The number of carbonyl (C=O) groups is 1. The number of methoxy groups -OCH3 is 1. The van der Waals surface area contributed by atoms with Gasteiger partial charge in [-0.3, -0.25) is 0 Å². The van der Waals surface area contributed by atoms with Crippen LogP contribution in [0.2, 0.25) is 0 Å². The Bertz CT molecular complexity index is 242. The van der Waals surface area contributed by atoms with E-state index in [1.54, 1.807) is 0 Å². The molecule has 0 aromatic carbocycles. The van der Waals surface area contributed by atoms with Crippen molar-refractivity contribution >= 4 is 17.7 Å². The summed E-state index contributed by atoms with van der Waals surface area (Å²) in [6.07, 6.45) is 9.63. The van der Waals surface area contributed by atoms with Gasteiger partial charge in [0, 0.05) is 16.6 Å².